The summed E-state index contributed by atoms with van der Waals surface area (Å²) in [4.78, 5) is 15.4. The second-order valence-electron chi connectivity index (χ2n) is 5.06. The number of alkyl halides is 2. The van der Waals surface area contributed by atoms with Crippen LogP contribution in [0.1, 0.15) is 5.56 Å². The zero-order valence-corrected chi connectivity index (χ0v) is 13.1. The normalized spacial score (nSPS) is 13.8. The first kappa shape index (κ1) is 15.8. The molecule has 3 rings (SSSR count). The van der Waals surface area contributed by atoms with E-state index in [0.29, 0.717) is 6.54 Å². The number of carbonyl (C=O) groups is 1. The first-order valence-corrected chi connectivity index (χ1v) is 8.18. The molecule has 2 aromatic carbocycles. The van der Waals surface area contributed by atoms with E-state index in [0.717, 1.165) is 21.9 Å². The SMILES string of the molecule is O=C(Cc1ccc(OC(F)F)cc1)N1CCSc2ccccc21. The summed E-state index contributed by atoms with van der Waals surface area (Å²) in [5, 5.41) is 0. The fourth-order valence-electron chi connectivity index (χ4n) is 2.49. The molecular weight excluding hydrogens is 320 g/mol. The minimum atomic E-state index is -2.84. The highest BCUT2D eigenvalue weighted by Gasteiger charge is 2.22. The lowest BCUT2D eigenvalue weighted by molar-refractivity contribution is -0.118. The smallest absolute Gasteiger partial charge is 0.387 e. The fourth-order valence-corrected chi connectivity index (χ4v) is 3.48. The van der Waals surface area contributed by atoms with E-state index >= 15 is 0 Å². The molecule has 2 aromatic rings. The standard InChI is InChI=1S/C17H15F2NO2S/c18-17(19)22-13-7-5-12(6-8-13)11-16(21)20-9-10-23-15-4-2-1-3-14(15)20/h1-8,17H,9-11H2. The third kappa shape index (κ3) is 3.82. The van der Waals surface area contributed by atoms with Crippen molar-refractivity contribution < 1.29 is 18.3 Å². The van der Waals surface area contributed by atoms with Gasteiger partial charge in [-0.1, -0.05) is 24.3 Å². The van der Waals surface area contributed by atoms with E-state index in [2.05, 4.69) is 4.74 Å². The average Bonchev–Trinajstić information content (AvgIpc) is 2.55. The third-order valence-electron chi connectivity index (χ3n) is 3.53. The van der Waals surface area contributed by atoms with Crippen LogP contribution in [-0.4, -0.2) is 24.8 Å². The van der Waals surface area contributed by atoms with Crippen LogP contribution in [0.4, 0.5) is 14.5 Å². The van der Waals surface area contributed by atoms with Crippen molar-refractivity contribution in [1.82, 2.24) is 0 Å². The minimum absolute atomic E-state index is 0.000257. The Morgan fingerprint density at radius 3 is 2.65 bits per heavy atom. The van der Waals surface area contributed by atoms with Crippen LogP contribution in [0.15, 0.2) is 53.4 Å². The van der Waals surface area contributed by atoms with Gasteiger partial charge in [0, 0.05) is 17.2 Å². The molecular formula is C17H15F2NO2S. The van der Waals surface area contributed by atoms with Gasteiger partial charge in [0.1, 0.15) is 5.75 Å². The molecule has 0 aromatic heterocycles. The second-order valence-corrected chi connectivity index (χ2v) is 6.20. The highest BCUT2D eigenvalue weighted by molar-refractivity contribution is 7.99. The molecule has 120 valence electrons. The number of amides is 1. The molecule has 1 aliphatic rings. The Hall–Kier alpha value is -2.08. The number of nitrogens with zero attached hydrogens (tertiary/aromatic N) is 1. The molecule has 1 aliphatic heterocycles. The van der Waals surface area contributed by atoms with E-state index in [1.54, 1.807) is 28.8 Å². The molecule has 0 saturated carbocycles. The van der Waals surface area contributed by atoms with Crippen molar-refractivity contribution in [2.45, 2.75) is 17.9 Å². The fraction of sp³-hybridized carbons (Fsp3) is 0.235. The van der Waals surface area contributed by atoms with Gasteiger partial charge in [-0.15, -0.1) is 11.8 Å². The Morgan fingerprint density at radius 2 is 1.91 bits per heavy atom. The average molecular weight is 335 g/mol. The number of carbonyl (C=O) groups excluding carboxylic acids is 1. The lowest BCUT2D eigenvalue weighted by atomic mass is 10.1. The molecule has 1 heterocycles. The Labute approximate surface area is 137 Å². The molecule has 0 saturated heterocycles. The molecule has 0 aliphatic carbocycles. The van der Waals surface area contributed by atoms with Gasteiger partial charge in [-0.05, 0) is 29.8 Å². The summed E-state index contributed by atoms with van der Waals surface area (Å²) < 4.78 is 28.6. The number of halogens is 2. The monoisotopic (exact) mass is 335 g/mol. The zero-order valence-electron chi connectivity index (χ0n) is 12.2. The Kier molecular flexibility index (Phi) is 4.81. The van der Waals surface area contributed by atoms with Gasteiger partial charge >= 0.3 is 6.61 Å². The molecule has 0 spiro atoms. The highest BCUT2D eigenvalue weighted by Crippen LogP contribution is 2.34. The maximum Gasteiger partial charge on any atom is 0.387 e. The van der Waals surface area contributed by atoms with E-state index in [4.69, 9.17) is 0 Å². The van der Waals surface area contributed by atoms with Crippen LogP contribution in [0.5, 0.6) is 5.75 Å². The summed E-state index contributed by atoms with van der Waals surface area (Å²) in [6.45, 7) is -2.17. The van der Waals surface area contributed by atoms with E-state index in [1.165, 1.54) is 12.1 Å². The molecule has 0 radical (unpaired) electrons. The van der Waals surface area contributed by atoms with Crippen LogP contribution in [0, 0.1) is 0 Å². The van der Waals surface area contributed by atoms with Gasteiger partial charge < -0.3 is 9.64 Å². The minimum Gasteiger partial charge on any atom is -0.435 e. The van der Waals surface area contributed by atoms with Crippen LogP contribution in [0.25, 0.3) is 0 Å². The van der Waals surface area contributed by atoms with E-state index in [9.17, 15) is 13.6 Å². The summed E-state index contributed by atoms with van der Waals surface area (Å²) in [6.07, 6.45) is 0.230. The maximum atomic E-state index is 12.6. The van der Waals surface area contributed by atoms with Crippen LogP contribution >= 0.6 is 11.8 Å². The van der Waals surface area contributed by atoms with Gasteiger partial charge in [-0.3, -0.25) is 4.79 Å². The summed E-state index contributed by atoms with van der Waals surface area (Å²) in [5.74, 6) is 0.959. The van der Waals surface area contributed by atoms with Crippen molar-refractivity contribution in [2.75, 3.05) is 17.2 Å². The quantitative estimate of drug-likeness (QED) is 0.847. The number of thioether (sulfide) groups is 1. The van der Waals surface area contributed by atoms with Crippen molar-refractivity contribution >= 4 is 23.4 Å². The van der Waals surface area contributed by atoms with E-state index in [-0.39, 0.29) is 18.1 Å². The molecule has 0 unspecified atom stereocenters. The predicted octanol–water partition coefficient (Wildman–Crippen LogP) is 3.97. The second kappa shape index (κ2) is 7.00. The molecule has 23 heavy (non-hydrogen) atoms. The molecule has 0 bridgehead atoms. The molecule has 1 amide bonds. The molecule has 3 nitrogen and oxygen atoms in total. The summed E-state index contributed by atoms with van der Waals surface area (Å²) in [5.41, 5.74) is 1.71. The van der Waals surface area contributed by atoms with Crippen molar-refractivity contribution in [3.8, 4) is 5.75 Å². The van der Waals surface area contributed by atoms with Gasteiger partial charge in [0.15, 0.2) is 0 Å². The first-order valence-electron chi connectivity index (χ1n) is 7.19. The molecule has 0 fully saturated rings. The maximum absolute atomic E-state index is 12.6. The largest absolute Gasteiger partial charge is 0.435 e. The van der Waals surface area contributed by atoms with Crippen LogP contribution in [0.3, 0.4) is 0 Å². The van der Waals surface area contributed by atoms with Gasteiger partial charge in [-0.25, -0.2) is 0 Å². The predicted molar refractivity (Wildman–Crippen MR) is 86.3 cm³/mol. The first-order chi connectivity index (χ1) is 11.1. The summed E-state index contributed by atoms with van der Waals surface area (Å²) >= 11 is 1.74. The Balaban J connectivity index is 1.70. The highest BCUT2D eigenvalue weighted by atomic mass is 32.2. The van der Waals surface area contributed by atoms with Gasteiger partial charge in [0.25, 0.3) is 0 Å². The summed E-state index contributed by atoms with van der Waals surface area (Å²) in [6, 6.07) is 14.0. The van der Waals surface area contributed by atoms with Crippen LogP contribution in [0.2, 0.25) is 0 Å². The van der Waals surface area contributed by atoms with Gasteiger partial charge in [-0.2, -0.15) is 8.78 Å². The van der Waals surface area contributed by atoms with Crippen molar-refractivity contribution in [3.05, 3.63) is 54.1 Å². The Bertz CT molecular complexity index is 691. The summed E-state index contributed by atoms with van der Waals surface area (Å²) in [7, 11) is 0. The van der Waals surface area contributed by atoms with E-state index in [1.807, 2.05) is 24.3 Å². The Morgan fingerprint density at radius 1 is 1.17 bits per heavy atom. The number of rotatable bonds is 4. The number of anilines is 1. The van der Waals surface area contributed by atoms with E-state index < -0.39 is 6.61 Å². The third-order valence-corrected chi connectivity index (χ3v) is 4.58. The van der Waals surface area contributed by atoms with Crippen molar-refractivity contribution in [3.63, 3.8) is 0 Å². The van der Waals surface area contributed by atoms with Crippen LogP contribution in [-0.2, 0) is 11.2 Å². The topological polar surface area (TPSA) is 29.5 Å². The van der Waals surface area contributed by atoms with Crippen molar-refractivity contribution in [1.29, 1.82) is 0 Å². The van der Waals surface area contributed by atoms with Gasteiger partial charge in [0.2, 0.25) is 5.91 Å². The van der Waals surface area contributed by atoms with Gasteiger partial charge in [0.05, 0.1) is 12.1 Å². The molecule has 0 N–H and O–H groups in total. The lowest BCUT2D eigenvalue weighted by Gasteiger charge is -2.29. The van der Waals surface area contributed by atoms with Crippen molar-refractivity contribution in [2.24, 2.45) is 0 Å². The van der Waals surface area contributed by atoms with Crippen LogP contribution < -0.4 is 9.64 Å². The number of hydrogen-bond donors (Lipinski definition) is 0. The molecule has 6 heteroatoms. The number of hydrogen-bond acceptors (Lipinski definition) is 3. The number of ether oxygens (including phenoxy) is 1. The lowest BCUT2D eigenvalue weighted by Crippen LogP contribution is -2.36. The zero-order chi connectivity index (χ0) is 16.2. The number of para-hydroxylation sites is 1. The number of benzene rings is 2. The molecule has 0 atom stereocenters. The number of fused-ring (bicyclic) bond motifs is 1.